The number of benzene rings is 4. The summed E-state index contributed by atoms with van der Waals surface area (Å²) in [6.07, 6.45) is 6.13. The molecular formula is C36H32F4N2O2S2. The first-order chi connectivity index (χ1) is 22.3. The minimum absolute atomic E-state index is 0.298. The number of thioether (sulfide) groups is 1. The number of unbranched alkanes of at least 4 members (excludes halogenated alkanes) is 2. The summed E-state index contributed by atoms with van der Waals surface area (Å²) in [5, 5.41) is 12.4. The predicted molar refractivity (Wildman–Crippen MR) is 178 cm³/mol. The van der Waals surface area contributed by atoms with E-state index in [4.69, 9.17) is 14.7 Å². The van der Waals surface area contributed by atoms with Crippen molar-refractivity contribution in [3.8, 4) is 39.2 Å². The normalized spacial score (nSPS) is 11.4. The molecule has 238 valence electrons. The molecular weight excluding hydrogens is 633 g/mol. The standard InChI is InChI=1S/C36H32F4N2O2S2/c1-24(6-2-4-16-43-29-12-8-25(9-13-29)27-18-31(37)35(42-23-45)32(38)19-27)7-3-5-17-44-30-14-10-26(11-15-30)28-20-33(39)36(46-22-41)34(40)21-28/h8-15,18-21,24H,2-7,16-17H2,1H3. The third-order valence-electron chi connectivity index (χ3n) is 7.42. The molecule has 0 aliphatic carbocycles. The van der Waals surface area contributed by atoms with Crippen molar-refractivity contribution < 1.29 is 27.0 Å². The highest BCUT2D eigenvalue weighted by molar-refractivity contribution is 8.03. The van der Waals surface area contributed by atoms with Gasteiger partial charge in [0.2, 0.25) is 0 Å². The van der Waals surface area contributed by atoms with Crippen molar-refractivity contribution in [1.82, 2.24) is 0 Å². The van der Waals surface area contributed by atoms with Gasteiger partial charge in [-0.3, -0.25) is 0 Å². The number of nitrogens with zero attached hydrogens (tertiary/aromatic N) is 2. The fraction of sp³-hybridized carbons (Fsp3) is 0.278. The second-order valence-corrected chi connectivity index (χ2v) is 11.8. The topological polar surface area (TPSA) is 54.6 Å². The van der Waals surface area contributed by atoms with Crippen LogP contribution >= 0.6 is 24.0 Å². The summed E-state index contributed by atoms with van der Waals surface area (Å²) in [6.45, 7) is 3.41. The molecule has 0 aliphatic rings. The SMILES string of the molecule is CC(CCCCOc1ccc(-c2cc(F)c(N=C=S)c(F)c2)cc1)CCCCOc1ccc(-c2cc(F)c(SC#N)c(F)c2)cc1. The maximum atomic E-state index is 14.2. The number of isothiocyanates is 1. The van der Waals surface area contributed by atoms with Crippen LogP contribution in [-0.2, 0) is 0 Å². The van der Waals surface area contributed by atoms with Gasteiger partial charge in [0.25, 0.3) is 0 Å². The quantitative estimate of drug-likeness (QED) is 0.0298. The molecule has 46 heavy (non-hydrogen) atoms. The molecule has 0 bridgehead atoms. The Kier molecular flexibility index (Phi) is 13.2. The van der Waals surface area contributed by atoms with Gasteiger partial charge in [-0.05, 0) is 126 Å². The number of hydrogen-bond donors (Lipinski definition) is 0. The lowest BCUT2D eigenvalue weighted by atomic mass is 9.98. The maximum absolute atomic E-state index is 14.2. The highest BCUT2D eigenvalue weighted by atomic mass is 32.2. The number of thiocyanates is 1. The van der Waals surface area contributed by atoms with Crippen LogP contribution in [-0.4, -0.2) is 18.4 Å². The second-order valence-electron chi connectivity index (χ2n) is 10.8. The lowest BCUT2D eigenvalue weighted by Crippen LogP contribution is -2.02. The summed E-state index contributed by atoms with van der Waals surface area (Å²) in [5.74, 6) is -1.14. The number of thiocarbonyl (C=S) groups is 1. The molecule has 1 unspecified atom stereocenters. The van der Waals surface area contributed by atoms with Crippen LogP contribution in [0.15, 0.2) is 82.7 Å². The van der Waals surface area contributed by atoms with Crippen LogP contribution in [0.3, 0.4) is 0 Å². The van der Waals surface area contributed by atoms with Gasteiger partial charge in [-0.2, -0.15) is 10.3 Å². The van der Waals surface area contributed by atoms with Gasteiger partial charge in [0.1, 0.15) is 34.2 Å². The Bertz CT molecular complexity index is 1660. The van der Waals surface area contributed by atoms with E-state index in [1.165, 1.54) is 24.3 Å². The number of rotatable bonds is 16. The van der Waals surface area contributed by atoms with Crippen LogP contribution in [0.2, 0.25) is 0 Å². The van der Waals surface area contributed by atoms with E-state index in [0.29, 0.717) is 64.6 Å². The first-order valence-corrected chi connectivity index (χ1v) is 16.1. The molecule has 0 amide bonds. The molecule has 0 heterocycles. The average molecular weight is 665 g/mol. The van der Waals surface area contributed by atoms with Gasteiger partial charge in [-0.1, -0.05) is 44.0 Å². The van der Waals surface area contributed by atoms with E-state index in [9.17, 15) is 17.6 Å². The molecule has 0 spiro atoms. The van der Waals surface area contributed by atoms with Crippen molar-refractivity contribution in [3.05, 3.63) is 96.1 Å². The van der Waals surface area contributed by atoms with E-state index in [1.54, 1.807) is 53.9 Å². The van der Waals surface area contributed by atoms with E-state index in [1.807, 2.05) is 5.16 Å². The third kappa shape index (κ3) is 9.92. The van der Waals surface area contributed by atoms with Crippen LogP contribution in [0, 0.1) is 39.8 Å². The number of halogens is 4. The van der Waals surface area contributed by atoms with Gasteiger partial charge < -0.3 is 9.47 Å². The van der Waals surface area contributed by atoms with Crippen LogP contribution in [0.1, 0.15) is 45.4 Å². The summed E-state index contributed by atoms with van der Waals surface area (Å²) in [5.41, 5.74) is 1.66. The number of ether oxygens (including phenoxy) is 2. The molecule has 0 N–H and O–H groups in total. The molecule has 4 aromatic rings. The van der Waals surface area contributed by atoms with Crippen molar-refractivity contribution >= 4 is 34.8 Å². The molecule has 1 atom stereocenters. The molecule has 4 nitrogen and oxygen atoms in total. The molecule has 0 aliphatic heterocycles. The molecule has 4 rings (SSSR count). The number of hydrogen-bond acceptors (Lipinski definition) is 6. The van der Waals surface area contributed by atoms with Gasteiger partial charge in [0.05, 0.1) is 23.3 Å². The van der Waals surface area contributed by atoms with Gasteiger partial charge in [-0.15, -0.1) is 0 Å². The van der Waals surface area contributed by atoms with Crippen molar-refractivity contribution in [2.45, 2.75) is 50.3 Å². The zero-order valence-electron chi connectivity index (χ0n) is 25.2. The molecule has 0 saturated heterocycles. The number of aliphatic imine (C=N–C) groups is 1. The van der Waals surface area contributed by atoms with Crippen molar-refractivity contribution in [2.75, 3.05) is 13.2 Å². The molecule has 0 aromatic heterocycles. The monoisotopic (exact) mass is 664 g/mol. The minimum atomic E-state index is -0.797. The van der Waals surface area contributed by atoms with Crippen molar-refractivity contribution in [1.29, 1.82) is 5.26 Å². The predicted octanol–water partition coefficient (Wildman–Crippen LogP) is 11.3. The fourth-order valence-corrected chi connectivity index (χ4v) is 5.45. The smallest absolute Gasteiger partial charge is 0.153 e. The van der Waals surface area contributed by atoms with Crippen LogP contribution in [0.25, 0.3) is 22.3 Å². The highest BCUT2D eigenvalue weighted by Crippen LogP contribution is 2.32. The average Bonchev–Trinajstić information content (AvgIpc) is 3.04. The van der Waals surface area contributed by atoms with Crippen LogP contribution in [0.5, 0.6) is 11.5 Å². The zero-order valence-corrected chi connectivity index (χ0v) is 26.8. The maximum Gasteiger partial charge on any atom is 0.153 e. The van der Waals surface area contributed by atoms with Gasteiger partial charge >= 0.3 is 0 Å². The van der Waals surface area contributed by atoms with E-state index < -0.39 is 29.0 Å². The van der Waals surface area contributed by atoms with Gasteiger partial charge in [0, 0.05) is 0 Å². The Morgan fingerprint density at radius 3 is 1.54 bits per heavy atom. The summed E-state index contributed by atoms with van der Waals surface area (Å²) in [7, 11) is 0. The van der Waals surface area contributed by atoms with Crippen molar-refractivity contribution in [2.24, 2.45) is 10.9 Å². The summed E-state index contributed by atoms with van der Waals surface area (Å²) in [6, 6.07) is 19.0. The van der Waals surface area contributed by atoms with E-state index in [-0.39, 0.29) is 4.90 Å². The van der Waals surface area contributed by atoms with E-state index in [0.717, 1.165) is 38.5 Å². The summed E-state index contributed by atoms with van der Waals surface area (Å²) in [4.78, 5) is 3.14. The minimum Gasteiger partial charge on any atom is -0.494 e. The Morgan fingerprint density at radius 1 is 0.696 bits per heavy atom. The highest BCUT2D eigenvalue weighted by Gasteiger charge is 2.14. The van der Waals surface area contributed by atoms with Crippen LogP contribution in [0.4, 0.5) is 23.2 Å². The second kappa shape index (κ2) is 17.5. The molecule has 0 fully saturated rings. The first-order valence-electron chi connectivity index (χ1n) is 14.9. The Labute approximate surface area is 276 Å². The lowest BCUT2D eigenvalue weighted by molar-refractivity contribution is 0.290. The Hall–Kier alpha value is -4.16. The van der Waals surface area contributed by atoms with Crippen LogP contribution < -0.4 is 9.47 Å². The lowest BCUT2D eigenvalue weighted by Gasteiger charge is -2.12. The molecule has 0 saturated carbocycles. The fourth-order valence-electron chi connectivity index (χ4n) is 4.96. The van der Waals surface area contributed by atoms with E-state index >= 15 is 0 Å². The molecule has 10 heteroatoms. The number of nitriles is 1. The molecule has 4 aromatic carbocycles. The summed E-state index contributed by atoms with van der Waals surface area (Å²) >= 11 is 4.90. The van der Waals surface area contributed by atoms with Crippen molar-refractivity contribution in [3.63, 3.8) is 0 Å². The summed E-state index contributed by atoms with van der Waals surface area (Å²) < 4.78 is 68.3. The Morgan fingerprint density at radius 2 is 1.13 bits per heavy atom. The largest absolute Gasteiger partial charge is 0.494 e. The van der Waals surface area contributed by atoms with Gasteiger partial charge in [0.15, 0.2) is 11.6 Å². The molecule has 0 radical (unpaired) electrons. The first kappa shape index (κ1) is 34.7. The van der Waals surface area contributed by atoms with E-state index in [2.05, 4.69) is 24.1 Å². The zero-order chi connectivity index (χ0) is 32.9. The third-order valence-corrected chi connectivity index (χ3v) is 8.19. The van der Waals surface area contributed by atoms with Gasteiger partial charge in [-0.25, -0.2) is 17.6 Å². The Balaban J connectivity index is 1.09.